The van der Waals surface area contributed by atoms with Crippen LogP contribution in [0.3, 0.4) is 0 Å². The minimum atomic E-state index is 0. The first-order chi connectivity index (χ1) is 14.6. The minimum absolute atomic E-state index is 0. The van der Waals surface area contributed by atoms with Crippen molar-refractivity contribution in [1.29, 1.82) is 0 Å². The Morgan fingerprint density at radius 2 is 1.94 bits per heavy atom. The van der Waals surface area contributed by atoms with Gasteiger partial charge >= 0.3 is 0 Å². The number of phenolic OH excluding ortho intramolecular Hbond substituents is 1. The lowest BCUT2D eigenvalue weighted by atomic mass is 9.73. The Morgan fingerprint density at radius 3 is 2.58 bits per heavy atom. The Hall–Kier alpha value is -1.26. The maximum Gasteiger partial charge on any atom is 0.191 e. The number of morpholine rings is 1. The quantitative estimate of drug-likeness (QED) is 0.265. The van der Waals surface area contributed by atoms with Gasteiger partial charge in [0.25, 0.3) is 0 Å². The van der Waals surface area contributed by atoms with Gasteiger partial charge in [-0.3, -0.25) is 9.89 Å². The fourth-order valence-electron chi connectivity index (χ4n) is 4.62. The summed E-state index contributed by atoms with van der Waals surface area (Å²) in [6, 6.07) is 5.44. The highest BCUT2D eigenvalue weighted by Gasteiger charge is 2.34. The van der Waals surface area contributed by atoms with Crippen LogP contribution < -0.4 is 15.4 Å². The van der Waals surface area contributed by atoms with Crippen LogP contribution in [0.1, 0.15) is 37.7 Å². The highest BCUT2D eigenvalue weighted by Crippen LogP contribution is 2.36. The molecule has 1 saturated heterocycles. The average Bonchev–Trinajstić information content (AvgIpc) is 2.78. The predicted molar refractivity (Wildman–Crippen MR) is 136 cm³/mol. The summed E-state index contributed by atoms with van der Waals surface area (Å²) in [5.74, 6) is 1.76. The standard InChI is InChI=1S/C23H38N4O3.HI/c1-24-22(25-11-8-19-6-7-20(29-2)16-21(19)28)26-17-23(9-4-3-5-10-23)18-27-12-14-30-15-13-27;/h6-7,16,28H,3-5,8-15,17-18H2,1-2H3,(H2,24,25,26);1H. The molecule has 0 atom stereocenters. The largest absolute Gasteiger partial charge is 0.508 e. The first kappa shape index (κ1) is 26.0. The Bertz CT molecular complexity index is 689. The number of hydrogen-bond donors (Lipinski definition) is 3. The summed E-state index contributed by atoms with van der Waals surface area (Å²) in [4.78, 5) is 6.98. The van der Waals surface area contributed by atoms with Crippen LogP contribution in [-0.4, -0.2) is 76.1 Å². The number of phenols is 1. The van der Waals surface area contributed by atoms with Gasteiger partial charge in [-0.2, -0.15) is 0 Å². The monoisotopic (exact) mass is 546 g/mol. The number of nitrogens with zero attached hydrogens (tertiary/aromatic N) is 2. The SMILES string of the molecule is CN=C(NCCc1ccc(OC)cc1O)NCC1(CN2CCOCC2)CCCCC1.I. The molecule has 31 heavy (non-hydrogen) atoms. The molecule has 2 fully saturated rings. The molecule has 0 aromatic heterocycles. The molecule has 1 heterocycles. The fraction of sp³-hybridized carbons (Fsp3) is 0.696. The van der Waals surface area contributed by atoms with Crippen molar-refractivity contribution in [1.82, 2.24) is 15.5 Å². The van der Waals surface area contributed by atoms with Crippen molar-refractivity contribution in [2.24, 2.45) is 10.4 Å². The number of halogens is 1. The van der Waals surface area contributed by atoms with Crippen molar-refractivity contribution in [2.45, 2.75) is 38.5 Å². The van der Waals surface area contributed by atoms with Gasteiger partial charge in [-0.1, -0.05) is 25.3 Å². The average molecular weight is 546 g/mol. The third kappa shape index (κ3) is 7.98. The van der Waals surface area contributed by atoms with E-state index in [4.69, 9.17) is 9.47 Å². The molecule has 0 spiro atoms. The van der Waals surface area contributed by atoms with E-state index in [2.05, 4.69) is 20.5 Å². The lowest BCUT2D eigenvalue weighted by Gasteiger charge is -2.42. The first-order valence-corrected chi connectivity index (χ1v) is 11.2. The van der Waals surface area contributed by atoms with E-state index in [-0.39, 0.29) is 29.7 Å². The number of methoxy groups -OCH3 is 1. The molecule has 2 aliphatic rings. The first-order valence-electron chi connectivity index (χ1n) is 11.2. The van der Waals surface area contributed by atoms with E-state index < -0.39 is 0 Å². The fourth-order valence-corrected chi connectivity index (χ4v) is 4.62. The summed E-state index contributed by atoms with van der Waals surface area (Å²) in [5, 5.41) is 17.1. The van der Waals surface area contributed by atoms with Crippen LogP contribution in [0, 0.1) is 5.41 Å². The Morgan fingerprint density at radius 1 is 1.19 bits per heavy atom. The Kier molecular flexibility index (Phi) is 11.2. The molecule has 1 aromatic carbocycles. The van der Waals surface area contributed by atoms with Crippen molar-refractivity contribution < 1.29 is 14.6 Å². The predicted octanol–water partition coefficient (Wildman–Crippen LogP) is 3.01. The van der Waals surface area contributed by atoms with Gasteiger partial charge in [0.15, 0.2) is 5.96 Å². The van der Waals surface area contributed by atoms with E-state index in [1.54, 1.807) is 13.2 Å². The molecule has 0 bridgehead atoms. The zero-order chi connectivity index (χ0) is 21.2. The maximum absolute atomic E-state index is 10.1. The summed E-state index contributed by atoms with van der Waals surface area (Å²) < 4.78 is 10.7. The van der Waals surface area contributed by atoms with E-state index in [0.717, 1.165) is 57.3 Å². The van der Waals surface area contributed by atoms with Gasteiger partial charge in [-0.05, 0) is 30.9 Å². The van der Waals surface area contributed by atoms with Gasteiger partial charge in [0.2, 0.25) is 0 Å². The third-order valence-corrected chi connectivity index (χ3v) is 6.41. The van der Waals surface area contributed by atoms with Crippen molar-refractivity contribution in [3.63, 3.8) is 0 Å². The Balaban J connectivity index is 0.00000341. The molecule has 3 rings (SSSR count). The number of benzene rings is 1. The molecular weight excluding hydrogens is 507 g/mol. The van der Waals surface area contributed by atoms with Gasteiger partial charge in [0.1, 0.15) is 11.5 Å². The molecule has 1 saturated carbocycles. The second kappa shape index (κ2) is 13.3. The van der Waals surface area contributed by atoms with Crippen molar-refractivity contribution in [3.05, 3.63) is 23.8 Å². The maximum atomic E-state index is 10.1. The number of ether oxygens (including phenoxy) is 2. The van der Waals surface area contributed by atoms with Crippen LogP contribution in [0.2, 0.25) is 0 Å². The number of aliphatic imine (C=N–C) groups is 1. The van der Waals surface area contributed by atoms with Gasteiger partial charge in [0, 0.05) is 51.3 Å². The lowest BCUT2D eigenvalue weighted by Crippen LogP contribution is -2.51. The second-order valence-corrected chi connectivity index (χ2v) is 8.55. The summed E-state index contributed by atoms with van der Waals surface area (Å²) in [6.07, 6.45) is 7.24. The molecule has 7 nitrogen and oxygen atoms in total. The molecule has 1 aliphatic heterocycles. The lowest BCUT2D eigenvalue weighted by molar-refractivity contribution is 0.00820. The number of guanidine groups is 1. The summed E-state index contributed by atoms with van der Waals surface area (Å²) in [6.45, 7) is 6.57. The van der Waals surface area contributed by atoms with Crippen LogP contribution in [0.15, 0.2) is 23.2 Å². The number of rotatable bonds is 8. The molecule has 8 heteroatoms. The van der Waals surface area contributed by atoms with Crippen LogP contribution in [-0.2, 0) is 11.2 Å². The van der Waals surface area contributed by atoms with Crippen LogP contribution in [0.25, 0.3) is 0 Å². The van der Waals surface area contributed by atoms with Crippen molar-refractivity contribution >= 4 is 29.9 Å². The topological polar surface area (TPSA) is 78.4 Å². The zero-order valence-electron chi connectivity index (χ0n) is 19.0. The van der Waals surface area contributed by atoms with E-state index >= 15 is 0 Å². The van der Waals surface area contributed by atoms with Gasteiger partial charge in [-0.25, -0.2) is 0 Å². The number of aromatic hydroxyl groups is 1. The van der Waals surface area contributed by atoms with Crippen LogP contribution in [0.4, 0.5) is 0 Å². The highest BCUT2D eigenvalue weighted by molar-refractivity contribution is 14.0. The zero-order valence-corrected chi connectivity index (χ0v) is 21.3. The van der Waals surface area contributed by atoms with E-state index in [1.165, 1.54) is 32.1 Å². The third-order valence-electron chi connectivity index (χ3n) is 6.41. The Labute approximate surface area is 204 Å². The van der Waals surface area contributed by atoms with Gasteiger partial charge in [0.05, 0.1) is 20.3 Å². The molecule has 1 aromatic rings. The van der Waals surface area contributed by atoms with Crippen LogP contribution in [0.5, 0.6) is 11.5 Å². The van der Waals surface area contributed by atoms with Crippen molar-refractivity contribution in [2.75, 3.05) is 60.1 Å². The summed E-state index contributed by atoms with van der Waals surface area (Å²) in [5.41, 5.74) is 1.20. The van der Waals surface area contributed by atoms with Crippen LogP contribution >= 0.6 is 24.0 Å². The normalized spacial score (nSPS) is 19.4. The molecule has 0 unspecified atom stereocenters. The van der Waals surface area contributed by atoms with E-state index in [1.807, 2.05) is 19.2 Å². The number of nitrogens with one attached hydrogen (secondary N) is 2. The van der Waals surface area contributed by atoms with Gasteiger partial charge in [-0.15, -0.1) is 24.0 Å². The van der Waals surface area contributed by atoms with Crippen molar-refractivity contribution in [3.8, 4) is 11.5 Å². The minimum Gasteiger partial charge on any atom is -0.508 e. The number of hydrogen-bond acceptors (Lipinski definition) is 5. The molecule has 3 N–H and O–H groups in total. The molecule has 1 aliphatic carbocycles. The second-order valence-electron chi connectivity index (χ2n) is 8.55. The molecule has 176 valence electrons. The van der Waals surface area contributed by atoms with Gasteiger partial charge < -0.3 is 25.2 Å². The van der Waals surface area contributed by atoms with E-state index in [0.29, 0.717) is 17.7 Å². The summed E-state index contributed by atoms with van der Waals surface area (Å²) >= 11 is 0. The van der Waals surface area contributed by atoms with E-state index in [9.17, 15) is 5.11 Å². The highest BCUT2D eigenvalue weighted by atomic mass is 127. The molecule has 0 radical (unpaired) electrons. The molecular formula is C23H39IN4O3. The smallest absolute Gasteiger partial charge is 0.191 e. The summed E-state index contributed by atoms with van der Waals surface area (Å²) in [7, 11) is 3.42. The molecule has 0 amide bonds.